The lowest BCUT2D eigenvalue weighted by molar-refractivity contribution is 0.333. The van der Waals surface area contributed by atoms with Crippen LogP contribution in [0.1, 0.15) is 0 Å². The van der Waals surface area contributed by atoms with Crippen molar-refractivity contribution in [3.63, 3.8) is 0 Å². The number of rotatable bonds is 5. The van der Waals surface area contributed by atoms with Gasteiger partial charge in [-0.2, -0.15) is 11.8 Å². The Morgan fingerprint density at radius 2 is 2.29 bits per heavy atom. The summed E-state index contributed by atoms with van der Waals surface area (Å²) in [7, 11) is 1.76. The molecule has 0 saturated heterocycles. The molecule has 0 atom stereocenters. The molecule has 112 valence electrons. The standard InChI is InChI=1S/C12H13FN4OS3/c1-17(12(19)18-3-4-20-2)11-16-15-10(21-11)8-5-9(13)7-14-6-8/h5-7H,3-4H2,1-2H3. The van der Waals surface area contributed by atoms with E-state index in [1.54, 1.807) is 29.9 Å². The monoisotopic (exact) mass is 344 g/mol. The van der Waals surface area contributed by atoms with Crippen LogP contribution in [-0.4, -0.2) is 46.0 Å². The van der Waals surface area contributed by atoms with Crippen LogP contribution in [0.4, 0.5) is 9.52 Å². The van der Waals surface area contributed by atoms with E-state index in [-0.39, 0.29) is 0 Å². The van der Waals surface area contributed by atoms with Gasteiger partial charge in [-0.25, -0.2) is 4.39 Å². The largest absolute Gasteiger partial charge is 0.470 e. The number of pyridine rings is 1. The number of hydrogen-bond acceptors (Lipinski definition) is 7. The molecule has 0 aliphatic carbocycles. The zero-order valence-corrected chi connectivity index (χ0v) is 13.9. The summed E-state index contributed by atoms with van der Waals surface area (Å²) >= 11 is 8.16. The van der Waals surface area contributed by atoms with E-state index in [2.05, 4.69) is 15.2 Å². The lowest BCUT2D eigenvalue weighted by atomic mass is 10.3. The van der Waals surface area contributed by atoms with Crippen molar-refractivity contribution in [1.82, 2.24) is 15.2 Å². The second kappa shape index (κ2) is 7.62. The van der Waals surface area contributed by atoms with Gasteiger partial charge in [0.25, 0.3) is 5.17 Å². The van der Waals surface area contributed by atoms with Crippen molar-refractivity contribution >= 4 is 45.6 Å². The minimum absolute atomic E-state index is 0.337. The second-order valence-electron chi connectivity index (χ2n) is 3.95. The van der Waals surface area contributed by atoms with E-state index in [0.717, 1.165) is 11.9 Å². The lowest BCUT2D eigenvalue weighted by Crippen LogP contribution is -2.27. The van der Waals surface area contributed by atoms with E-state index >= 15 is 0 Å². The van der Waals surface area contributed by atoms with Crippen LogP contribution in [0.2, 0.25) is 0 Å². The molecule has 2 heterocycles. The maximum atomic E-state index is 13.2. The van der Waals surface area contributed by atoms with Crippen LogP contribution in [0.3, 0.4) is 0 Å². The van der Waals surface area contributed by atoms with Gasteiger partial charge in [0.2, 0.25) is 5.13 Å². The molecular weight excluding hydrogens is 331 g/mol. The summed E-state index contributed by atoms with van der Waals surface area (Å²) in [5.41, 5.74) is 0.585. The zero-order valence-electron chi connectivity index (χ0n) is 11.4. The number of anilines is 1. The maximum absolute atomic E-state index is 13.2. The van der Waals surface area contributed by atoms with Gasteiger partial charge < -0.3 is 4.74 Å². The number of hydrogen-bond donors (Lipinski definition) is 0. The summed E-state index contributed by atoms with van der Waals surface area (Å²) < 4.78 is 18.6. The molecule has 0 N–H and O–H groups in total. The van der Waals surface area contributed by atoms with Crippen molar-refractivity contribution in [2.75, 3.05) is 30.6 Å². The first-order valence-electron chi connectivity index (χ1n) is 5.95. The smallest absolute Gasteiger partial charge is 0.265 e. The van der Waals surface area contributed by atoms with Gasteiger partial charge in [0.1, 0.15) is 5.82 Å². The van der Waals surface area contributed by atoms with Crippen LogP contribution in [0.25, 0.3) is 10.6 Å². The fourth-order valence-corrected chi connectivity index (χ4v) is 2.65. The third kappa shape index (κ3) is 4.32. The summed E-state index contributed by atoms with van der Waals surface area (Å²) in [6, 6.07) is 1.37. The summed E-state index contributed by atoms with van der Waals surface area (Å²) in [6.45, 7) is 0.545. The molecule has 0 spiro atoms. The number of thioether (sulfide) groups is 1. The van der Waals surface area contributed by atoms with Gasteiger partial charge in [-0.15, -0.1) is 10.2 Å². The van der Waals surface area contributed by atoms with Gasteiger partial charge >= 0.3 is 0 Å². The zero-order chi connectivity index (χ0) is 15.2. The van der Waals surface area contributed by atoms with Crippen molar-refractivity contribution in [3.05, 3.63) is 24.3 Å². The second-order valence-corrected chi connectivity index (χ2v) is 6.24. The highest BCUT2D eigenvalue weighted by Gasteiger charge is 2.15. The number of ether oxygens (including phenoxy) is 1. The van der Waals surface area contributed by atoms with Crippen LogP contribution in [0.15, 0.2) is 18.5 Å². The fourth-order valence-electron chi connectivity index (χ4n) is 1.38. The maximum Gasteiger partial charge on any atom is 0.265 e. The van der Waals surface area contributed by atoms with Crippen LogP contribution in [0, 0.1) is 5.82 Å². The molecule has 2 rings (SSSR count). The van der Waals surface area contributed by atoms with Gasteiger partial charge in [0, 0.05) is 24.6 Å². The van der Waals surface area contributed by atoms with Gasteiger partial charge in [-0.05, 0) is 24.5 Å². The minimum Gasteiger partial charge on any atom is -0.470 e. The Hall–Kier alpha value is -1.32. The summed E-state index contributed by atoms with van der Waals surface area (Å²) in [5.74, 6) is 0.457. The van der Waals surface area contributed by atoms with Gasteiger partial charge in [-0.1, -0.05) is 11.3 Å². The number of nitrogens with zero attached hydrogens (tertiary/aromatic N) is 4. The molecule has 5 nitrogen and oxygen atoms in total. The highest BCUT2D eigenvalue weighted by molar-refractivity contribution is 7.98. The first-order chi connectivity index (χ1) is 10.1. The molecule has 0 unspecified atom stereocenters. The lowest BCUT2D eigenvalue weighted by Gasteiger charge is -2.16. The molecule has 0 aromatic carbocycles. The predicted molar refractivity (Wildman–Crippen MR) is 88.4 cm³/mol. The van der Waals surface area contributed by atoms with Gasteiger partial charge in [0.05, 0.1) is 12.8 Å². The molecule has 0 saturated carbocycles. The topological polar surface area (TPSA) is 51.1 Å². The molecule has 0 fully saturated rings. The Morgan fingerprint density at radius 1 is 1.48 bits per heavy atom. The highest BCUT2D eigenvalue weighted by atomic mass is 32.2. The van der Waals surface area contributed by atoms with E-state index in [4.69, 9.17) is 17.0 Å². The van der Waals surface area contributed by atoms with E-state index in [0.29, 0.717) is 27.5 Å². The third-order valence-corrected chi connectivity index (χ3v) is 4.46. The number of thiocarbonyl (C=S) groups is 1. The average Bonchev–Trinajstić information content (AvgIpc) is 2.96. The molecule has 2 aromatic heterocycles. The molecule has 0 aliphatic rings. The summed E-state index contributed by atoms with van der Waals surface area (Å²) in [5, 5.41) is 9.57. The van der Waals surface area contributed by atoms with Crippen LogP contribution < -0.4 is 4.90 Å². The third-order valence-electron chi connectivity index (χ3n) is 2.44. The molecule has 0 aliphatic heterocycles. The van der Waals surface area contributed by atoms with E-state index in [9.17, 15) is 4.39 Å². The molecule has 0 bridgehead atoms. The van der Waals surface area contributed by atoms with Crippen molar-refractivity contribution in [3.8, 4) is 10.6 Å². The minimum atomic E-state index is -0.409. The van der Waals surface area contributed by atoms with Crippen LogP contribution in [0.5, 0.6) is 0 Å². The Labute approximate surface area is 135 Å². The first kappa shape index (κ1) is 16.1. The molecule has 21 heavy (non-hydrogen) atoms. The van der Waals surface area contributed by atoms with Crippen molar-refractivity contribution < 1.29 is 9.13 Å². The molecule has 0 amide bonds. The van der Waals surface area contributed by atoms with Crippen molar-refractivity contribution in [1.29, 1.82) is 0 Å². The number of halogens is 1. The SMILES string of the molecule is CSCCOC(=S)N(C)c1nnc(-c2cncc(F)c2)s1. The van der Waals surface area contributed by atoms with Crippen molar-refractivity contribution in [2.24, 2.45) is 0 Å². The molecular formula is C12H13FN4OS3. The summed E-state index contributed by atoms with van der Waals surface area (Å²) in [4.78, 5) is 5.44. The molecule has 9 heteroatoms. The van der Waals surface area contributed by atoms with E-state index in [1.807, 2.05) is 6.26 Å². The number of aromatic nitrogens is 3. The Bertz CT molecular complexity index is 622. The van der Waals surface area contributed by atoms with E-state index in [1.165, 1.54) is 17.4 Å². The van der Waals surface area contributed by atoms with Crippen LogP contribution in [-0.2, 0) is 4.74 Å². The van der Waals surface area contributed by atoms with E-state index < -0.39 is 5.82 Å². The van der Waals surface area contributed by atoms with Crippen molar-refractivity contribution in [2.45, 2.75) is 0 Å². The fraction of sp³-hybridized carbons (Fsp3) is 0.333. The Balaban J connectivity index is 2.07. The first-order valence-corrected chi connectivity index (χ1v) is 8.57. The molecule has 0 radical (unpaired) electrons. The van der Waals surface area contributed by atoms with Gasteiger partial charge in [-0.3, -0.25) is 9.88 Å². The average molecular weight is 344 g/mol. The predicted octanol–water partition coefficient (Wildman–Crippen LogP) is 2.84. The highest BCUT2D eigenvalue weighted by Crippen LogP contribution is 2.28. The molecule has 2 aromatic rings. The Kier molecular flexibility index (Phi) is 5.83. The quantitative estimate of drug-likeness (QED) is 0.610. The summed E-state index contributed by atoms with van der Waals surface area (Å²) in [6.07, 6.45) is 4.69. The van der Waals surface area contributed by atoms with Crippen LogP contribution >= 0.6 is 35.3 Å². The Morgan fingerprint density at radius 3 is 3.00 bits per heavy atom. The normalized spacial score (nSPS) is 10.4. The van der Waals surface area contributed by atoms with Gasteiger partial charge in [0.15, 0.2) is 5.01 Å².